The van der Waals surface area contributed by atoms with Crippen LogP contribution in [0.1, 0.15) is 0 Å². The number of nitrogens with two attached hydrogens (primary N) is 1. The third kappa shape index (κ3) is 1.97. The van der Waals surface area contributed by atoms with Crippen LogP contribution in [0.15, 0.2) is 34.8 Å². The number of rotatable bonds is 2. The monoisotopic (exact) mass is 193 g/mol. The van der Waals surface area contributed by atoms with Gasteiger partial charge >= 0.3 is 0 Å². The highest BCUT2D eigenvalue weighted by atomic mass is 32.2. The summed E-state index contributed by atoms with van der Waals surface area (Å²) in [6, 6.07) is 3.63. The summed E-state index contributed by atoms with van der Waals surface area (Å²) in [6.45, 7) is 0. The Morgan fingerprint density at radius 1 is 1.31 bits per heavy atom. The number of nitrogens with one attached hydrogen (secondary N) is 1. The molecule has 2 heterocycles. The lowest BCUT2D eigenvalue weighted by Gasteiger charge is -1.96. The molecular formula is C7H7N5S. The van der Waals surface area contributed by atoms with Gasteiger partial charge in [0.25, 0.3) is 0 Å². The molecular weight excluding hydrogens is 186 g/mol. The van der Waals surface area contributed by atoms with Crippen molar-refractivity contribution in [2.45, 2.75) is 10.2 Å². The number of anilines is 1. The Hall–Kier alpha value is -1.56. The van der Waals surface area contributed by atoms with Gasteiger partial charge in [0.1, 0.15) is 11.4 Å². The highest BCUT2D eigenvalue weighted by Gasteiger charge is 1.99. The summed E-state index contributed by atoms with van der Waals surface area (Å²) in [5, 5.41) is 8.02. The van der Waals surface area contributed by atoms with Gasteiger partial charge in [0.2, 0.25) is 0 Å². The van der Waals surface area contributed by atoms with Gasteiger partial charge in [0, 0.05) is 0 Å². The molecule has 0 aliphatic rings. The van der Waals surface area contributed by atoms with Crippen LogP contribution in [0.2, 0.25) is 0 Å². The van der Waals surface area contributed by atoms with E-state index in [0.717, 1.165) is 10.2 Å². The summed E-state index contributed by atoms with van der Waals surface area (Å²) in [7, 11) is 0. The first-order valence-corrected chi connectivity index (χ1v) is 4.41. The average molecular weight is 193 g/mol. The van der Waals surface area contributed by atoms with Gasteiger partial charge in [-0.05, 0) is 23.9 Å². The lowest BCUT2D eigenvalue weighted by molar-refractivity contribution is 0.967. The third-order valence-electron chi connectivity index (χ3n) is 1.35. The van der Waals surface area contributed by atoms with E-state index in [1.807, 2.05) is 6.07 Å². The predicted octanol–water partition coefficient (Wildman–Crippen LogP) is 0.933. The van der Waals surface area contributed by atoms with E-state index in [2.05, 4.69) is 20.2 Å². The number of aromatic amines is 1. The fourth-order valence-corrected chi connectivity index (χ4v) is 1.43. The van der Waals surface area contributed by atoms with E-state index in [-0.39, 0.29) is 0 Å². The summed E-state index contributed by atoms with van der Waals surface area (Å²) >= 11 is 1.41. The van der Waals surface area contributed by atoms with Crippen LogP contribution in [-0.4, -0.2) is 20.2 Å². The second-order valence-corrected chi connectivity index (χ2v) is 3.33. The van der Waals surface area contributed by atoms with Crippen molar-refractivity contribution in [2.75, 3.05) is 5.73 Å². The maximum atomic E-state index is 5.49. The minimum absolute atomic E-state index is 0.655. The van der Waals surface area contributed by atoms with E-state index in [9.17, 15) is 0 Å². The highest BCUT2D eigenvalue weighted by molar-refractivity contribution is 7.99. The quantitative estimate of drug-likeness (QED) is 0.741. The van der Waals surface area contributed by atoms with E-state index >= 15 is 0 Å². The second kappa shape index (κ2) is 3.44. The molecule has 0 fully saturated rings. The molecule has 0 aliphatic carbocycles. The number of aromatic nitrogens is 4. The molecule has 2 rings (SSSR count). The molecule has 0 saturated heterocycles. The summed E-state index contributed by atoms with van der Waals surface area (Å²) in [5.41, 5.74) is 6.15. The highest BCUT2D eigenvalue weighted by Crippen LogP contribution is 2.21. The summed E-state index contributed by atoms with van der Waals surface area (Å²) < 4.78 is 0. The number of hydrogen-bond acceptors (Lipinski definition) is 5. The van der Waals surface area contributed by atoms with Gasteiger partial charge in [0.15, 0.2) is 5.16 Å². The van der Waals surface area contributed by atoms with Gasteiger partial charge in [0.05, 0.1) is 11.9 Å². The fraction of sp³-hybridized carbons (Fsp3) is 0. The summed E-state index contributed by atoms with van der Waals surface area (Å²) in [5.74, 6) is 0. The first-order valence-electron chi connectivity index (χ1n) is 3.59. The van der Waals surface area contributed by atoms with Gasteiger partial charge in [-0.2, -0.15) is 5.10 Å². The molecule has 0 unspecified atom stereocenters. The van der Waals surface area contributed by atoms with Gasteiger partial charge in [-0.15, -0.1) is 0 Å². The summed E-state index contributed by atoms with van der Waals surface area (Å²) in [6.07, 6.45) is 3.07. The van der Waals surface area contributed by atoms with Crippen LogP contribution >= 0.6 is 11.8 Å². The second-order valence-electron chi connectivity index (χ2n) is 2.32. The van der Waals surface area contributed by atoms with Crippen LogP contribution < -0.4 is 5.73 Å². The molecule has 0 aliphatic heterocycles. The zero-order valence-electron chi connectivity index (χ0n) is 6.64. The van der Waals surface area contributed by atoms with Crippen LogP contribution in [0, 0.1) is 0 Å². The molecule has 0 aromatic carbocycles. The molecule has 6 heteroatoms. The van der Waals surface area contributed by atoms with Crippen LogP contribution in [0.4, 0.5) is 5.69 Å². The van der Waals surface area contributed by atoms with E-state index in [4.69, 9.17) is 5.73 Å². The number of nitrogen functional groups attached to an aromatic ring is 1. The molecule has 5 nitrogen and oxygen atoms in total. The van der Waals surface area contributed by atoms with Gasteiger partial charge in [-0.25, -0.2) is 9.97 Å². The van der Waals surface area contributed by atoms with Gasteiger partial charge in [-0.1, -0.05) is 0 Å². The average Bonchev–Trinajstić information content (AvgIpc) is 2.62. The van der Waals surface area contributed by atoms with Gasteiger partial charge < -0.3 is 5.73 Å². The Morgan fingerprint density at radius 2 is 2.23 bits per heavy atom. The van der Waals surface area contributed by atoms with Gasteiger partial charge in [-0.3, -0.25) is 5.10 Å². The minimum atomic E-state index is 0.655. The van der Waals surface area contributed by atoms with Crippen molar-refractivity contribution in [1.29, 1.82) is 0 Å². The first-order chi connectivity index (χ1) is 6.34. The van der Waals surface area contributed by atoms with Crippen molar-refractivity contribution in [3.63, 3.8) is 0 Å². The number of hydrogen-bond donors (Lipinski definition) is 2. The normalized spacial score (nSPS) is 10.2. The third-order valence-corrected chi connectivity index (χ3v) is 2.19. The van der Waals surface area contributed by atoms with E-state index in [1.54, 1.807) is 12.3 Å². The zero-order chi connectivity index (χ0) is 9.10. The molecule has 3 N–H and O–H groups in total. The molecule has 0 atom stereocenters. The van der Waals surface area contributed by atoms with Crippen LogP contribution in [-0.2, 0) is 0 Å². The van der Waals surface area contributed by atoms with Crippen LogP contribution in [0.3, 0.4) is 0 Å². The van der Waals surface area contributed by atoms with Crippen molar-refractivity contribution in [3.8, 4) is 0 Å². The topological polar surface area (TPSA) is 80.5 Å². The Balaban J connectivity index is 2.15. The molecule has 0 radical (unpaired) electrons. The van der Waals surface area contributed by atoms with E-state index < -0.39 is 0 Å². The number of H-pyrrole nitrogens is 1. The maximum absolute atomic E-state index is 5.49. The SMILES string of the molecule is Nc1ccc(Sc2ncn[nH]2)nc1. The lowest BCUT2D eigenvalue weighted by Crippen LogP contribution is -1.86. The van der Waals surface area contributed by atoms with Crippen molar-refractivity contribution >= 4 is 17.4 Å². The fourth-order valence-electron chi connectivity index (χ4n) is 0.795. The Kier molecular flexibility index (Phi) is 2.13. The molecule has 0 spiro atoms. The smallest absolute Gasteiger partial charge is 0.189 e. The molecule has 13 heavy (non-hydrogen) atoms. The molecule has 66 valence electrons. The minimum Gasteiger partial charge on any atom is -0.397 e. The molecule has 2 aromatic heterocycles. The molecule has 2 aromatic rings. The van der Waals surface area contributed by atoms with Crippen molar-refractivity contribution in [2.24, 2.45) is 0 Å². The number of nitrogens with zero attached hydrogens (tertiary/aromatic N) is 3. The Bertz CT molecular complexity index is 368. The standard InChI is InChI=1S/C7H7N5S/c8-5-1-2-6(9-3-5)13-7-10-4-11-12-7/h1-4H,8H2,(H,10,11,12). The maximum Gasteiger partial charge on any atom is 0.189 e. The molecule has 0 amide bonds. The Morgan fingerprint density at radius 3 is 2.85 bits per heavy atom. The largest absolute Gasteiger partial charge is 0.397 e. The van der Waals surface area contributed by atoms with Crippen molar-refractivity contribution in [3.05, 3.63) is 24.7 Å². The molecule has 0 bridgehead atoms. The van der Waals surface area contributed by atoms with Crippen LogP contribution in [0.5, 0.6) is 0 Å². The predicted molar refractivity (Wildman–Crippen MR) is 49.2 cm³/mol. The molecule has 0 saturated carbocycles. The van der Waals surface area contributed by atoms with Crippen molar-refractivity contribution in [1.82, 2.24) is 20.2 Å². The first kappa shape index (κ1) is 8.06. The van der Waals surface area contributed by atoms with Crippen LogP contribution in [0.25, 0.3) is 0 Å². The van der Waals surface area contributed by atoms with Crippen molar-refractivity contribution < 1.29 is 0 Å². The Labute approximate surface area is 78.8 Å². The van der Waals surface area contributed by atoms with E-state index in [1.165, 1.54) is 18.1 Å². The lowest BCUT2D eigenvalue weighted by atomic mass is 10.4. The zero-order valence-corrected chi connectivity index (χ0v) is 7.45. The van der Waals surface area contributed by atoms with E-state index in [0.29, 0.717) is 5.69 Å². The summed E-state index contributed by atoms with van der Waals surface area (Å²) in [4.78, 5) is 8.06. The number of pyridine rings is 1.